The fraction of sp³-hybridized carbons (Fsp3) is 0.267. The number of carbonyl (C=O) groups is 1. The number of benzene rings is 1. The Balaban J connectivity index is 1.97. The molecule has 0 aliphatic rings. The van der Waals surface area contributed by atoms with Crippen LogP contribution >= 0.6 is 23.1 Å². The Kier molecular flexibility index (Phi) is 6.28. The van der Waals surface area contributed by atoms with Gasteiger partial charge in [-0.05, 0) is 19.1 Å². The maximum atomic E-state index is 11.9. The van der Waals surface area contributed by atoms with Gasteiger partial charge in [-0.1, -0.05) is 35.2 Å². The van der Waals surface area contributed by atoms with Crippen molar-refractivity contribution in [1.82, 2.24) is 10.2 Å². The van der Waals surface area contributed by atoms with E-state index in [4.69, 9.17) is 15.4 Å². The average molecular weight is 361 g/mol. The Morgan fingerprint density at radius 1 is 1.50 bits per heavy atom. The smallest absolute Gasteiger partial charge is 0.210 e. The monoisotopic (exact) mass is 361 g/mol. The van der Waals surface area contributed by atoms with E-state index in [1.165, 1.54) is 30.0 Å². The number of hydrogen-bond acceptors (Lipinski definition) is 9. The predicted octanol–water partition coefficient (Wildman–Crippen LogP) is 3.13. The third-order valence-corrected chi connectivity index (χ3v) is 4.97. The lowest BCUT2D eigenvalue weighted by atomic mass is 10.0. The number of carbonyl (C=O) groups excluding carboxylic acids is 1. The molecule has 0 aliphatic heterocycles. The first-order valence-electron chi connectivity index (χ1n) is 6.89. The quantitative estimate of drug-likeness (QED) is 0.548. The molecule has 0 fully saturated rings. The molecule has 0 saturated heterocycles. The Hall–Kier alpha value is -2.44. The second-order valence-electron chi connectivity index (χ2n) is 4.70. The van der Waals surface area contributed by atoms with Crippen molar-refractivity contribution in [1.29, 1.82) is 10.7 Å². The number of Topliss-reactive ketones (excluding diaryl/α,β-unsaturated/α-hetero) is 1. The molecule has 0 amide bonds. The molecule has 0 spiro atoms. The highest BCUT2D eigenvalue weighted by Crippen LogP contribution is 2.31. The molecule has 7 nitrogen and oxygen atoms in total. The highest BCUT2D eigenvalue weighted by molar-refractivity contribution is 8.01. The largest absolute Gasteiger partial charge is 0.495 e. The third kappa shape index (κ3) is 4.53. The number of para-hydroxylation sites is 2. The van der Waals surface area contributed by atoms with E-state index in [9.17, 15) is 4.79 Å². The van der Waals surface area contributed by atoms with Crippen molar-refractivity contribution in [3.05, 3.63) is 24.3 Å². The van der Waals surface area contributed by atoms with E-state index in [2.05, 4.69) is 15.5 Å². The molecule has 1 unspecified atom stereocenters. The number of rotatable bonds is 8. The van der Waals surface area contributed by atoms with Crippen LogP contribution in [0.25, 0.3) is 0 Å². The van der Waals surface area contributed by atoms with Crippen LogP contribution in [0.3, 0.4) is 0 Å². The zero-order chi connectivity index (χ0) is 17.5. The van der Waals surface area contributed by atoms with Gasteiger partial charge in [0.15, 0.2) is 10.1 Å². The van der Waals surface area contributed by atoms with Crippen LogP contribution in [0.2, 0.25) is 0 Å². The molecular formula is C15H15N5O2S2. The van der Waals surface area contributed by atoms with Crippen molar-refractivity contribution < 1.29 is 9.53 Å². The van der Waals surface area contributed by atoms with Gasteiger partial charge >= 0.3 is 0 Å². The minimum Gasteiger partial charge on any atom is -0.495 e. The van der Waals surface area contributed by atoms with Gasteiger partial charge in [0.1, 0.15) is 11.7 Å². The fourth-order valence-electron chi connectivity index (χ4n) is 1.81. The van der Waals surface area contributed by atoms with Crippen LogP contribution in [0.5, 0.6) is 5.75 Å². The molecule has 2 aromatic rings. The van der Waals surface area contributed by atoms with Crippen molar-refractivity contribution in [2.45, 2.75) is 11.3 Å². The predicted molar refractivity (Wildman–Crippen MR) is 94.4 cm³/mol. The molecule has 9 heteroatoms. The number of nitrogens with zero attached hydrogens (tertiary/aromatic N) is 3. The first-order chi connectivity index (χ1) is 11.5. The fourth-order valence-corrected chi connectivity index (χ4v) is 3.48. The molecule has 2 rings (SSSR count). The van der Waals surface area contributed by atoms with Gasteiger partial charge in [0.25, 0.3) is 0 Å². The van der Waals surface area contributed by atoms with Gasteiger partial charge in [-0.25, -0.2) is 0 Å². The molecule has 0 bridgehead atoms. The SMILES string of the molecule is COc1ccccc1Nc1nnc(SCC(=O)C(C#N)C(C)=N)s1. The van der Waals surface area contributed by atoms with Gasteiger partial charge < -0.3 is 15.5 Å². The standard InChI is InChI=1S/C15H15N5O2S2/c1-9(17)10(7-16)12(21)8-23-15-20-19-14(24-15)18-11-5-3-4-6-13(11)22-2/h3-6,10,17H,8H2,1-2H3,(H,18,19). The minimum atomic E-state index is -0.989. The number of methoxy groups -OCH3 is 1. The van der Waals surface area contributed by atoms with Gasteiger partial charge in [-0.2, -0.15) is 5.26 Å². The lowest BCUT2D eigenvalue weighted by molar-refractivity contribution is -0.117. The number of anilines is 2. The van der Waals surface area contributed by atoms with E-state index in [0.717, 1.165) is 5.69 Å². The Labute approximate surface area is 147 Å². The topological polar surface area (TPSA) is 112 Å². The normalized spacial score (nSPS) is 11.4. The van der Waals surface area contributed by atoms with Crippen LogP contribution in [0.1, 0.15) is 6.92 Å². The summed E-state index contributed by atoms with van der Waals surface area (Å²) < 4.78 is 5.87. The molecule has 2 N–H and O–H groups in total. The first-order valence-corrected chi connectivity index (χ1v) is 8.69. The van der Waals surface area contributed by atoms with E-state index >= 15 is 0 Å². The van der Waals surface area contributed by atoms with Crippen LogP contribution in [-0.2, 0) is 4.79 Å². The van der Waals surface area contributed by atoms with E-state index in [1.54, 1.807) is 7.11 Å². The number of nitrogens with one attached hydrogen (secondary N) is 2. The summed E-state index contributed by atoms with van der Waals surface area (Å²) in [5.41, 5.74) is 0.826. The van der Waals surface area contributed by atoms with Gasteiger partial charge in [-0.15, -0.1) is 10.2 Å². The summed E-state index contributed by atoms with van der Waals surface area (Å²) >= 11 is 2.51. The number of hydrogen-bond donors (Lipinski definition) is 2. The van der Waals surface area contributed by atoms with Crippen molar-refractivity contribution in [3.8, 4) is 11.8 Å². The van der Waals surface area contributed by atoms with Crippen LogP contribution < -0.4 is 10.1 Å². The Morgan fingerprint density at radius 3 is 2.92 bits per heavy atom. The number of thioether (sulfide) groups is 1. The first kappa shape index (κ1) is 17.9. The zero-order valence-corrected chi connectivity index (χ0v) is 14.7. The van der Waals surface area contributed by atoms with Crippen molar-refractivity contribution in [2.75, 3.05) is 18.2 Å². The molecule has 24 heavy (non-hydrogen) atoms. The van der Waals surface area contributed by atoms with Gasteiger partial charge in [-0.3, -0.25) is 4.79 Å². The Bertz CT molecular complexity index is 784. The molecule has 124 valence electrons. The average Bonchev–Trinajstić information content (AvgIpc) is 3.01. The summed E-state index contributed by atoms with van der Waals surface area (Å²) in [6.07, 6.45) is 0. The summed E-state index contributed by atoms with van der Waals surface area (Å²) in [6.45, 7) is 1.46. The number of ether oxygens (including phenoxy) is 1. The maximum absolute atomic E-state index is 11.9. The van der Waals surface area contributed by atoms with Crippen molar-refractivity contribution in [3.63, 3.8) is 0 Å². The second-order valence-corrected chi connectivity index (χ2v) is 6.90. The molecule has 0 aliphatic carbocycles. The lowest BCUT2D eigenvalue weighted by Crippen LogP contribution is -2.21. The van der Waals surface area contributed by atoms with Crippen molar-refractivity contribution in [2.24, 2.45) is 5.92 Å². The summed E-state index contributed by atoms with van der Waals surface area (Å²) in [5.74, 6) is -0.519. The van der Waals surface area contributed by atoms with Crippen LogP contribution in [0.15, 0.2) is 28.6 Å². The molecule has 1 atom stereocenters. The Morgan fingerprint density at radius 2 is 2.25 bits per heavy atom. The second kappa shape index (κ2) is 8.42. The summed E-state index contributed by atoms with van der Waals surface area (Å²) in [5, 5.41) is 28.1. The maximum Gasteiger partial charge on any atom is 0.210 e. The van der Waals surface area contributed by atoms with E-state index in [1.807, 2.05) is 30.3 Å². The molecule has 0 radical (unpaired) electrons. The summed E-state index contributed by atoms with van der Waals surface area (Å²) in [4.78, 5) is 11.9. The van der Waals surface area contributed by atoms with Crippen LogP contribution in [0, 0.1) is 22.7 Å². The molecule has 0 saturated carbocycles. The zero-order valence-electron chi connectivity index (χ0n) is 13.1. The highest BCUT2D eigenvalue weighted by Gasteiger charge is 2.20. The van der Waals surface area contributed by atoms with E-state index in [0.29, 0.717) is 15.2 Å². The van der Waals surface area contributed by atoms with Gasteiger partial charge in [0.2, 0.25) is 5.13 Å². The number of aromatic nitrogens is 2. The van der Waals surface area contributed by atoms with Crippen LogP contribution in [-0.4, -0.2) is 34.6 Å². The number of nitriles is 1. The summed E-state index contributed by atoms with van der Waals surface area (Å²) in [6, 6.07) is 9.28. The van der Waals surface area contributed by atoms with E-state index in [-0.39, 0.29) is 17.2 Å². The van der Waals surface area contributed by atoms with E-state index < -0.39 is 5.92 Å². The van der Waals surface area contributed by atoms with Gasteiger partial charge in [0, 0.05) is 5.71 Å². The van der Waals surface area contributed by atoms with Crippen LogP contribution in [0.4, 0.5) is 10.8 Å². The molecule has 1 aromatic heterocycles. The molecule has 1 aromatic carbocycles. The highest BCUT2D eigenvalue weighted by atomic mass is 32.2. The lowest BCUT2D eigenvalue weighted by Gasteiger charge is -2.07. The van der Waals surface area contributed by atoms with Gasteiger partial charge in [0.05, 0.1) is 24.6 Å². The summed E-state index contributed by atoms with van der Waals surface area (Å²) in [7, 11) is 1.59. The minimum absolute atomic E-state index is 0.0545. The third-order valence-electron chi connectivity index (χ3n) is 2.98. The molecule has 1 heterocycles. The number of ketones is 1. The molecular weight excluding hydrogens is 346 g/mol. The van der Waals surface area contributed by atoms with Crippen molar-refractivity contribution >= 4 is 45.4 Å².